The summed E-state index contributed by atoms with van der Waals surface area (Å²) in [6, 6.07) is 0. The Hall–Kier alpha value is -0.850. The Bertz CT molecular complexity index is 190. The third-order valence-corrected chi connectivity index (χ3v) is 2.21. The smallest absolute Gasteiger partial charge is 0.407 e. The van der Waals surface area contributed by atoms with Gasteiger partial charge in [0.05, 0.1) is 19.3 Å². The summed E-state index contributed by atoms with van der Waals surface area (Å²) in [6.07, 6.45) is -0.582. The molecule has 0 bridgehead atoms. The van der Waals surface area contributed by atoms with Gasteiger partial charge in [-0.05, 0) is 13.5 Å². The number of aliphatic hydroxyl groups excluding tert-OH is 2. The lowest BCUT2D eigenvalue weighted by Crippen LogP contribution is -2.35. The molecule has 0 fully saturated rings. The molecule has 0 aromatic carbocycles. The molecule has 0 rings (SSSR count). The Balaban J connectivity index is 3.62. The van der Waals surface area contributed by atoms with Gasteiger partial charge in [-0.1, -0.05) is 6.92 Å². The van der Waals surface area contributed by atoms with Crippen LogP contribution >= 0.6 is 0 Å². The summed E-state index contributed by atoms with van der Waals surface area (Å²) < 4.78 is 4.96. The predicted octanol–water partition coefficient (Wildman–Crippen LogP) is -0.689. The van der Waals surface area contributed by atoms with Crippen LogP contribution in [-0.2, 0) is 4.74 Å². The second-order valence-corrected chi connectivity index (χ2v) is 3.65. The second-order valence-electron chi connectivity index (χ2n) is 3.65. The van der Waals surface area contributed by atoms with Crippen LogP contribution in [0.4, 0.5) is 4.79 Å². The highest BCUT2D eigenvalue weighted by Gasteiger charge is 2.10. The van der Waals surface area contributed by atoms with Gasteiger partial charge in [0.15, 0.2) is 0 Å². The number of hydrogen-bond donors (Lipinski definition) is 4. The van der Waals surface area contributed by atoms with Crippen molar-refractivity contribution in [2.45, 2.75) is 19.4 Å². The molecular weight excluding hydrogens is 212 g/mol. The largest absolute Gasteiger partial charge is 0.449 e. The molecule has 0 saturated carbocycles. The zero-order valence-corrected chi connectivity index (χ0v) is 9.90. The van der Waals surface area contributed by atoms with E-state index in [-0.39, 0.29) is 13.2 Å². The lowest BCUT2D eigenvalue weighted by atomic mass is 10.1. The molecule has 0 aliphatic heterocycles. The van der Waals surface area contributed by atoms with Crippen LogP contribution in [-0.4, -0.2) is 55.8 Å². The second kappa shape index (κ2) is 9.38. The van der Waals surface area contributed by atoms with Gasteiger partial charge in [0.25, 0.3) is 0 Å². The third-order valence-electron chi connectivity index (χ3n) is 2.21. The first kappa shape index (κ1) is 15.2. The molecule has 6 nitrogen and oxygen atoms in total. The summed E-state index contributed by atoms with van der Waals surface area (Å²) in [6.45, 7) is 2.79. The number of amides is 1. The van der Waals surface area contributed by atoms with Crippen LogP contribution in [0.5, 0.6) is 0 Å². The van der Waals surface area contributed by atoms with Crippen molar-refractivity contribution in [1.82, 2.24) is 10.6 Å². The fourth-order valence-electron chi connectivity index (χ4n) is 1.12. The van der Waals surface area contributed by atoms with E-state index >= 15 is 0 Å². The standard InChI is InChI=1S/C10H22N2O4/c1-3-8(4-11-2)7-16-10(15)12-5-9(14)6-13/h8-9,11,13-14H,3-7H2,1-2H3,(H,12,15). The minimum atomic E-state index is -0.938. The van der Waals surface area contributed by atoms with E-state index in [1.54, 1.807) is 0 Å². The van der Waals surface area contributed by atoms with Crippen LogP contribution in [0.2, 0.25) is 0 Å². The van der Waals surface area contributed by atoms with Gasteiger partial charge >= 0.3 is 6.09 Å². The van der Waals surface area contributed by atoms with E-state index in [0.717, 1.165) is 13.0 Å². The number of nitrogens with one attached hydrogen (secondary N) is 2. The lowest BCUT2D eigenvalue weighted by molar-refractivity contribution is 0.0853. The molecule has 0 aliphatic rings. The molecular formula is C10H22N2O4. The average molecular weight is 234 g/mol. The number of aliphatic hydroxyl groups is 2. The maximum absolute atomic E-state index is 11.1. The number of hydrogen-bond acceptors (Lipinski definition) is 5. The van der Waals surface area contributed by atoms with Crippen molar-refractivity contribution < 1.29 is 19.7 Å². The van der Waals surface area contributed by atoms with E-state index in [2.05, 4.69) is 10.6 Å². The summed E-state index contributed by atoms with van der Waals surface area (Å²) in [7, 11) is 1.85. The Morgan fingerprint density at radius 2 is 2.12 bits per heavy atom. The number of ether oxygens (including phenoxy) is 1. The Kier molecular flexibility index (Phi) is 8.88. The summed E-state index contributed by atoms with van der Waals surface area (Å²) in [4.78, 5) is 11.1. The van der Waals surface area contributed by atoms with Crippen molar-refractivity contribution in [3.8, 4) is 0 Å². The van der Waals surface area contributed by atoms with Gasteiger partial charge in [-0.3, -0.25) is 0 Å². The molecule has 1 amide bonds. The summed E-state index contributed by atoms with van der Waals surface area (Å²) in [5.41, 5.74) is 0. The SMILES string of the molecule is CCC(CNC)COC(=O)NCC(O)CO. The molecule has 0 aliphatic carbocycles. The monoisotopic (exact) mass is 234 g/mol. The molecule has 0 aromatic heterocycles. The van der Waals surface area contributed by atoms with E-state index < -0.39 is 12.2 Å². The molecule has 2 unspecified atom stereocenters. The first-order chi connectivity index (χ1) is 7.63. The van der Waals surface area contributed by atoms with Gasteiger partial charge in [-0.15, -0.1) is 0 Å². The summed E-state index contributed by atoms with van der Waals surface area (Å²) in [5.74, 6) is 0.290. The zero-order valence-electron chi connectivity index (χ0n) is 9.90. The quantitative estimate of drug-likeness (QED) is 0.446. The van der Waals surface area contributed by atoms with E-state index in [1.165, 1.54) is 0 Å². The van der Waals surface area contributed by atoms with Crippen molar-refractivity contribution >= 4 is 6.09 Å². The molecule has 0 saturated heterocycles. The minimum absolute atomic E-state index is 0.00183. The van der Waals surface area contributed by atoms with Crippen molar-refractivity contribution in [2.75, 3.05) is 33.4 Å². The summed E-state index contributed by atoms with van der Waals surface area (Å²) >= 11 is 0. The first-order valence-corrected chi connectivity index (χ1v) is 5.48. The summed E-state index contributed by atoms with van der Waals surface area (Å²) in [5, 5.41) is 22.9. The van der Waals surface area contributed by atoms with Crippen LogP contribution in [0.3, 0.4) is 0 Å². The molecule has 0 aromatic rings. The van der Waals surface area contributed by atoms with Gasteiger partial charge in [0.2, 0.25) is 0 Å². The van der Waals surface area contributed by atoms with E-state index in [9.17, 15) is 4.79 Å². The van der Waals surface area contributed by atoms with Crippen LogP contribution in [0.15, 0.2) is 0 Å². The van der Waals surface area contributed by atoms with E-state index in [0.29, 0.717) is 12.5 Å². The molecule has 16 heavy (non-hydrogen) atoms. The normalized spacial score (nSPS) is 14.2. The van der Waals surface area contributed by atoms with Crippen LogP contribution in [0.25, 0.3) is 0 Å². The Labute approximate surface area is 96.0 Å². The fraction of sp³-hybridized carbons (Fsp3) is 0.900. The number of alkyl carbamates (subject to hydrolysis) is 1. The first-order valence-electron chi connectivity index (χ1n) is 5.48. The van der Waals surface area contributed by atoms with Gasteiger partial charge in [-0.2, -0.15) is 0 Å². The van der Waals surface area contributed by atoms with Gasteiger partial charge < -0.3 is 25.6 Å². The van der Waals surface area contributed by atoms with Crippen molar-refractivity contribution in [1.29, 1.82) is 0 Å². The molecule has 0 heterocycles. The van der Waals surface area contributed by atoms with Gasteiger partial charge in [0, 0.05) is 19.0 Å². The third kappa shape index (κ3) is 7.44. The van der Waals surface area contributed by atoms with Crippen molar-refractivity contribution in [3.63, 3.8) is 0 Å². The maximum Gasteiger partial charge on any atom is 0.407 e. The van der Waals surface area contributed by atoms with Crippen molar-refractivity contribution in [3.05, 3.63) is 0 Å². The highest BCUT2D eigenvalue weighted by Crippen LogP contribution is 2.01. The van der Waals surface area contributed by atoms with Gasteiger partial charge in [0.1, 0.15) is 0 Å². The molecule has 0 spiro atoms. The van der Waals surface area contributed by atoms with Crippen LogP contribution < -0.4 is 10.6 Å². The maximum atomic E-state index is 11.1. The van der Waals surface area contributed by atoms with Crippen LogP contribution in [0.1, 0.15) is 13.3 Å². The zero-order chi connectivity index (χ0) is 12.4. The van der Waals surface area contributed by atoms with E-state index in [4.69, 9.17) is 14.9 Å². The molecule has 0 radical (unpaired) electrons. The molecule has 4 N–H and O–H groups in total. The highest BCUT2D eigenvalue weighted by molar-refractivity contribution is 5.67. The average Bonchev–Trinajstić information content (AvgIpc) is 2.31. The fourth-order valence-corrected chi connectivity index (χ4v) is 1.12. The predicted molar refractivity (Wildman–Crippen MR) is 60.2 cm³/mol. The number of carbonyl (C=O) groups excluding carboxylic acids is 1. The molecule has 96 valence electrons. The number of carbonyl (C=O) groups is 1. The Morgan fingerprint density at radius 1 is 1.44 bits per heavy atom. The number of rotatable bonds is 8. The minimum Gasteiger partial charge on any atom is -0.449 e. The van der Waals surface area contributed by atoms with Gasteiger partial charge in [-0.25, -0.2) is 4.79 Å². The topological polar surface area (TPSA) is 90.8 Å². The molecule has 6 heteroatoms. The molecule has 2 atom stereocenters. The lowest BCUT2D eigenvalue weighted by Gasteiger charge is -2.15. The van der Waals surface area contributed by atoms with Crippen molar-refractivity contribution in [2.24, 2.45) is 5.92 Å². The highest BCUT2D eigenvalue weighted by atomic mass is 16.5. The Morgan fingerprint density at radius 3 is 2.62 bits per heavy atom. The van der Waals surface area contributed by atoms with E-state index in [1.807, 2.05) is 14.0 Å². The van der Waals surface area contributed by atoms with Crippen LogP contribution in [0, 0.1) is 5.92 Å².